The number of phenolic OH excluding ortho intramolecular Hbond substituents is 1. The quantitative estimate of drug-likeness (QED) is 0.366. The number of hydrogen-bond donors (Lipinski definition) is 3. The highest BCUT2D eigenvalue weighted by Gasteiger charge is 2.25. The first-order valence-corrected chi connectivity index (χ1v) is 12.8. The molecule has 2 aromatic carbocycles. The van der Waals surface area contributed by atoms with Crippen molar-refractivity contribution in [2.75, 3.05) is 43.9 Å². The van der Waals surface area contributed by atoms with Gasteiger partial charge in [-0.3, -0.25) is 14.5 Å². The Bertz CT molecular complexity index is 1240. The summed E-state index contributed by atoms with van der Waals surface area (Å²) in [6, 6.07) is 9.04. The second-order valence-electron chi connectivity index (χ2n) is 8.25. The van der Waals surface area contributed by atoms with Crippen molar-refractivity contribution >= 4 is 68.6 Å². The summed E-state index contributed by atoms with van der Waals surface area (Å²) in [6.45, 7) is 4.54. The van der Waals surface area contributed by atoms with E-state index in [0.717, 1.165) is 31.7 Å². The molecule has 11 heteroatoms. The predicted octanol–water partition coefficient (Wildman–Crippen LogP) is 5.67. The number of anilines is 2. The number of likely N-dealkylation sites (N-methyl/N-ethyl adjacent to an activating group) is 1. The molecule has 1 aliphatic heterocycles. The van der Waals surface area contributed by atoms with Crippen molar-refractivity contribution in [3.8, 4) is 5.75 Å². The van der Waals surface area contributed by atoms with Crippen molar-refractivity contribution in [3.05, 3.63) is 73.5 Å². The maximum atomic E-state index is 13.2. The molecular formula is C24H23Cl3N4O3S. The number of nitrogens with zero attached hydrogens (tertiary/aromatic N) is 2. The molecule has 0 unspecified atom stereocenters. The molecule has 0 radical (unpaired) electrons. The number of rotatable bonds is 6. The Morgan fingerprint density at radius 1 is 0.971 bits per heavy atom. The van der Waals surface area contributed by atoms with Gasteiger partial charge in [-0.1, -0.05) is 34.8 Å². The van der Waals surface area contributed by atoms with Gasteiger partial charge in [0.2, 0.25) is 0 Å². The monoisotopic (exact) mass is 552 g/mol. The summed E-state index contributed by atoms with van der Waals surface area (Å²) >= 11 is 19.8. The average Bonchev–Trinajstić information content (AvgIpc) is 3.15. The van der Waals surface area contributed by atoms with E-state index in [2.05, 4.69) is 27.5 Å². The highest BCUT2D eigenvalue weighted by molar-refractivity contribution is 7.15. The lowest BCUT2D eigenvalue weighted by molar-refractivity contribution is 0.0988. The van der Waals surface area contributed by atoms with Crippen LogP contribution in [0.4, 0.5) is 10.7 Å². The van der Waals surface area contributed by atoms with E-state index >= 15 is 0 Å². The number of phenols is 1. The Morgan fingerprint density at radius 2 is 1.66 bits per heavy atom. The van der Waals surface area contributed by atoms with E-state index in [-0.39, 0.29) is 16.1 Å². The number of carbonyl (C=O) groups is 2. The maximum absolute atomic E-state index is 13.2. The fraction of sp³-hybridized carbons (Fsp3) is 0.250. The van der Waals surface area contributed by atoms with Crippen LogP contribution in [-0.4, -0.2) is 59.9 Å². The van der Waals surface area contributed by atoms with Crippen molar-refractivity contribution in [1.29, 1.82) is 0 Å². The van der Waals surface area contributed by atoms with Crippen LogP contribution >= 0.6 is 46.1 Å². The summed E-state index contributed by atoms with van der Waals surface area (Å²) in [4.78, 5) is 30.7. The third-order valence-corrected chi connectivity index (χ3v) is 7.63. The minimum atomic E-state index is -0.671. The third kappa shape index (κ3) is 6.27. The van der Waals surface area contributed by atoms with Gasteiger partial charge in [-0.2, -0.15) is 0 Å². The standard InChI is InChI=1S/C24H23Cl3N4O3S/c1-30-6-8-31(9-7-30)12-14-13-35-24(21(14)27)29-23(34)20-18(10-16(26)11-19(20)32)22(33)28-17-4-2-15(25)3-5-17/h2-5,10-11,13,32H,6-9,12H2,1H3,(H,28,33)(H,29,34). The van der Waals surface area contributed by atoms with Gasteiger partial charge in [0, 0.05) is 48.5 Å². The van der Waals surface area contributed by atoms with Crippen LogP contribution in [0.15, 0.2) is 41.8 Å². The lowest BCUT2D eigenvalue weighted by Crippen LogP contribution is -2.43. The molecule has 3 N–H and O–H groups in total. The van der Waals surface area contributed by atoms with E-state index in [4.69, 9.17) is 34.8 Å². The smallest absolute Gasteiger partial charge is 0.260 e. The summed E-state index contributed by atoms with van der Waals surface area (Å²) in [6.07, 6.45) is 0. The molecule has 2 heterocycles. The molecule has 1 aliphatic rings. The van der Waals surface area contributed by atoms with Crippen LogP contribution < -0.4 is 10.6 Å². The SMILES string of the molecule is CN1CCN(Cc2csc(NC(=O)c3c(O)cc(Cl)cc3C(=O)Nc3ccc(Cl)cc3)c2Cl)CC1. The maximum Gasteiger partial charge on any atom is 0.260 e. The highest BCUT2D eigenvalue weighted by atomic mass is 35.5. The summed E-state index contributed by atoms with van der Waals surface area (Å²) in [5.41, 5.74) is 1.11. The second-order valence-corrected chi connectivity index (χ2v) is 10.4. The molecule has 184 valence electrons. The summed E-state index contributed by atoms with van der Waals surface area (Å²) < 4.78 is 0. The van der Waals surface area contributed by atoms with Gasteiger partial charge in [0.05, 0.1) is 16.1 Å². The molecular weight excluding hydrogens is 531 g/mol. The van der Waals surface area contributed by atoms with Crippen molar-refractivity contribution in [2.45, 2.75) is 6.54 Å². The molecule has 0 spiro atoms. The molecule has 3 aromatic rings. The number of amides is 2. The van der Waals surface area contributed by atoms with E-state index < -0.39 is 17.6 Å². The Hall–Kier alpha value is -2.33. The number of nitrogens with one attached hydrogen (secondary N) is 2. The van der Waals surface area contributed by atoms with Crippen molar-refractivity contribution in [3.63, 3.8) is 0 Å². The molecule has 1 fully saturated rings. The Morgan fingerprint density at radius 3 is 2.34 bits per heavy atom. The van der Waals surface area contributed by atoms with Crippen LogP contribution in [0.2, 0.25) is 15.1 Å². The number of piperazine rings is 1. The van der Waals surface area contributed by atoms with Crippen LogP contribution in [0.25, 0.3) is 0 Å². The molecule has 1 saturated heterocycles. The fourth-order valence-corrected chi connectivity index (χ4v) is 5.26. The van der Waals surface area contributed by atoms with E-state index in [1.165, 1.54) is 23.5 Å². The first-order chi connectivity index (χ1) is 16.7. The van der Waals surface area contributed by atoms with Gasteiger partial charge >= 0.3 is 0 Å². The topological polar surface area (TPSA) is 84.9 Å². The molecule has 2 amide bonds. The molecule has 7 nitrogen and oxygen atoms in total. The Balaban J connectivity index is 1.53. The van der Waals surface area contributed by atoms with Crippen molar-refractivity contribution < 1.29 is 14.7 Å². The zero-order valence-electron chi connectivity index (χ0n) is 18.8. The van der Waals surface area contributed by atoms with Crippen LogP contribution in [-0.2, 0) is 6.54 Å². The van der Waals surface area contributed by atoms with Gasteiger partial charge < -0.3 is 20.6 Å². The largest absolute Gasteiger partial charge is 0.507 e. The number of hydrogen-bond acceptors (Lipinski definition) is 6. The second kappa shape index (κ2) is 11.2. The van der Waals surface area contributed by atoms with Crippen LogP contribution in [0.5, 0.6) is 5.75 Å². The van der Waals surface area contributed by atoms with Crippen LogP contribution in [0.3, 0.4) is 0 Å². The number of benzene rings is 2. The molecule has 4 rings (SSSR count). The highest BCUT2D eigenvalue weighted by Crippen LogP contribution is 2.36. The minimum Gasteiger partial charge on any atom is -0.507 e. The molecule has 0 atom stereocenters. The van der Waals surface area contributed by atoms with Crippen molar-refractivity contribution in [2.24, 2.45) is 0 Å². The number of halogens is 3. The van der Waals surface area contributed by atoms with Gasteiger partial charge in [0.15, 0.2) is 0 Å². The van der Waals surface area contributed by atoms with E-state index in [1.54, 1.807) is 24.3 Å². The van der Waals surface area contributed by atoms with Crippen LogP contribution in [0.1, 0.15) is 26.3 Å². The van der Waals surface area contributed by atoms with Gasteiger partial charge in [-0.25, -0.2) is 0 Å². The summed E-state index contributed by atoms with van der Waals surface area (Å²) in [7, 11) is 2.10. The van der Waals surface area contributed by atoms with Gasteiger partial charge in [0.25, 0.3) is 11.8 Å². The molecule has 0 bridgehead atoms. The Labute approximate surface area is 222 Å². The number of carbonyl (C=O) groups excluding carboxylic acids is 2. The Kier molecular flexibility index (Phi) is 8.21. The third-order valence-electron chi connectivity index (χ3n) is 5.67. The molecule has 1 aromatic heterocycles. The predicted molar refractivity (Wildman–Crippen MR) is 143 cm³/mol. The number of aromatic hydroxyl groups is 1. The molecule has 0 saturated carbocycles. The lowest BCUT2D eigenvalue weighted by Gasteiger charge is -2.32. The first-order valence-electron chi connectivity index (χ1n) is 10.8. The van der Waals surface area contributed by atoms with Crippen LogP contribution in [0, 0.1) is 0 Å². The molecule has 0 aliphatic carbocycles. The van der Waals surface area contributed by atoms with E-state index in [0.29, 0.717) is 27.3 Å². The normalized spacial score (nSPS) is 14.6. The van der Waals surface area contributed by atoms with Gasteiger partial charge in [-0.15, -0.1) is 11.3 Å². The number of thiophene rings is 1. The van der Waals surface area contributed by atoms with E-state index in [9.17, 15) is 14.7 Å². The minimum absolute atomic E-state index is 0.0761. The van der Waals surface area contributed by atoms with E-state index in [1.807, 2.05) is 5.38 Å². The molecule has 35 heavy (non-hydrogen) atoms. The zero-order chi connectivity index (χ0) is 25.1. The zero-order valence-corrected chi connectivity index (χ0v) is 21.9. The van der Waals surface area contributed by atoms with Gasteiger partial charge in [0.1, 0.15) is 10.8 Å². The fourth-order valence-electron chi connectivity index (χ4n) is 3.72. The van der Waals surface area contributed by atoms with Gasteiger partial charge in [-0.05, 0) is 54.4 Å². The lowest BCUT2D eigenvalue weighted by atomic mass is 10.0. The first kappa shape index (κ1) is 25.8. The van der Waals surface area contributed by atoms with Crippen molar-refractivity contribution in [1.82, 2.24) is 9.80 Å². The average molecular weight is 554 g/mol. The summed E-state index contributed by atoms with van der Waals surface area (Å²) in [5, 5.41) is 19.4. The summed E-state index contributed by atoms with van der Waals surface area (Å²) in [5.74, 6) is -1.69.